The number of aryl methyl sites for hydroxylation is 1. The summed E-state index contributed by atoms with van der Waals surface area (Å²) >= 11 is 1.39. The molecule has 2 rings (SSSR count). The number of carbonyl (C=O) groups excluding carboxylic acids is 1. The number of carbonyl (C=O) groups is 1. The second kappa shape index (κ2) is 3.39. The Balaban J connectivity index is 1.93. The summed E-state index contributed by atoms with van der Waals surface area (Å²) < 4.78 is 0. The molecular weight excluding hydrogens is 188 g/mol. The van der Waals surface area contributed by atoms with Gasteiger partial charge in [0.15, 0.2) is 0 Å². The minimum Gasteiger partial charge on any atom is -0.315 e. The summed E-state index contributed by atoms with van der Waals surface area (Å²) in [7, 11) is 0. The summed E-state index contributed by atoms with van der Waals surface area (Å²) in [5, 5.41) is 14.8. The van der Waals surface area contributed by atoms with Gasteiger partial charge in [-0.1, -0.05) is 11.3 Å². The first kappa shape index (κ1) is 8.58. The van der Waals surface area contributed by atoms with Gasteiger partial charge in [-0.2, -0.15) is 0 Å². The van der Waals surface area contributed by atoms with Crippen LogP contribution in [0.5, 0.6) is 0 Å². The van der Waals surface area contributed by atoms with E-state index >= 15 is 0 Å². The Morgan fingerprint density at radius 2 is 2.38 bits per heavy atom. The van der Waals surface area contributed by atoms with Gasteiger partial charge in [0, 0.05) is 13.1 Å². The van der Waals surface area contributed by atoms with E-state index in [2.05, 4.69) is 20.8 Å². The molecule has 1 saturated heterocycles. The highest BCUT2D eigenvalue weighted by molar-refractivity contribution is 7.15. The maximum Gasteiger partial charge on any atom is 0.231 e. The number of nitrogens with one attached hydrogen (secondary N) is 2. The Labute approximate surface area is 79.6 Å². The van der Waals surface area contributed by atoms with Crippen LogP contribution in [0.15, 0.2) is 0 Å². The SMILES string of the molecule is Cc1nnc(NC(=O)C2CNC2)s1. The Morgan fingerprint density at radius 3 is 2.85 bits per heavy atom. The van der Waals surface area contributed by atoms with Crippen molar-refractivity contribution in [1.82, 2.24) is 15.5 Å². The van der Waals surface area contributed by atoms with E-state index in [0.717, 1.165) is 18.1 Å². The van der Waals surface area contributed by atoms with E-state index in [1.54, 1.807) is 0 Å². The molecular formula is C7H10N4OS. The molecule has 0 aliphatic carbocycles. The normalized spacial score (nSPS) is 16.7. The van der Waals surface area contributed by atoms with Gasteiger partial charge < -0.3 is 10.6 Å². The molecule has 0 unspecified atom stereocenters. The molecule has 6 heteroatoms. The van der Waals surface area contributed by atoms with Gasteiger partial charge in [0.05, 0.1) is 5.92 Å². The molecule has 1 aliphatic heterocycles. The van der Waals surface area contributed by atoms with Crippen molar-refractivity contribution in [3.63, 3.8) is 0 Å². The summed E-state index contributed by atoms with van der Waals surface area (Å²) in [6.45, 7) is 3.39. The fourth-order valence-corrected chi connectivity index (χ4v) is 1.62. The van der Waals surface area contributed by atoms with Crippen molar-refractivity contribution >= 4 is 22.4 Å². The number of aromatic nitrogens is 2. The van der Waals surface area contributed by atoms with Crippen LogP contribution in [0.3, 0.4) is 0 Å². The van der Waals surface area contributed by atoms with Crippen LogP contribution in [-0.4, -0.2) is 29.2 Å². The molecule has 0 radical (unpaired) electrons. The van der Waals surface area contributed by atoms with Crippen molar-refractivity contribution in [3.8, 4) is 0 Å². The third-order valence-electron chi connectivity index (χ3n) is 1.91. The van der Waals surface area contributed by atoms with Gasteiger partial charge in [-0.25, -0.2) is 0 Å². The Hall–Kier alpha value is -1.01. The maximum atomic E-state index is 11.4. The van der Waals surface area contributed by atoms with E-state index in [0.29, 0.717) is 5.13 Å². The van der Waals surface area contributed by atoms with Crippen molar-refractivity contribution in [2.24, 2.45) is 5.92 Å². The Morgan fingerprint density at radius 1 is 1.62 bits per heavy atom. The smallest absolute Gasteiger partial charge is 0.231 e. The van der Waals surface area contributed by atoms with Crippen LogP contribution in [0, 0.1) is 12.8 Å². The summed E-state index contributed by atoms with van der Waals surface area (Å²) in [6, 6.07) is 0. The lowest BCUT2D eigenvalue weighted by atomic mass is 10.0. The van der Waals surface area contributed by atoms with Gasteiger partial charge in [-0.15, -0.1) is 10.2 Å². The third kappa shape index (κ3) is 1.84. The monoisotopic (exact) mass is 198 g/mol. The molecule has 0 aromatic carbocycles. The molecule has 0 spiro atoms. The molecule has 70 valence electrons. The predicted octanol–water partition coefficient (Wildman–Crippen LogP) is 0.00442. The Bertz CT molecular complexity index is 320. The van der Waals surface area contributed by atoms with Gasteiger partial charge in [0.25, 0.3) is 0 Å². The van der Waals surface area contributed by atoms with Crippen LogP contribution in [0.1, 0.15) is 5.01 Å². The van der Waals surface area contributed by atoms with Crippen molar-refractivity contribution in [2.45, 2.75) is 6.92 Å². The van der Waals surface area contributed by atoms with Gasteiger partial charge >= 0.3 is 0 Å². The molecule has 1 aromatic rings. The van der Waals surface area contributed by atoms with Crippen LogP contribution in [-0.2, 0) is 4.79 Å². The highest BCUT2D eigenvalue weighted by atomic mass is 32.1. The lowest BCUT2D eigenvalue weighted by molar-refractivity contribution is -0.121. The Kier molecular flexibility index (Phi) is 2.24. The molecule has 0 bridgehead atoms. The average molecular weight is 198 g/mol. The molecule has 2 heterocycles. The van der Waals surface area contributed by atoms with E-state index in [4.69, 9.17) is 0 Å². The van der Waals surface area contributed by atoms with Gasteiger partial charge in [0.1, 0.15) is 5.01 Å². The molecule has 2 N–H and O–H groups in total. The van der Waals surface area contributed by atoms with Crippen molar-refractivity contribution < 1.29 is 4.79 Å². The van der Waals surface area contributed by atoms with E-state index in [1.807, 2.05) is 6.92 Å². The number of amides is 1. The van der Waals surface area contributed by atoms with Gasteiger partial charge in [0.2, 0.25) is 11.0 Å². The molecule has 0 atom stereocenters. The van der Waals surface area contributed by atoms with E-state index in [-0.39, 0.29) is 11.8 Å². The molecule has 0 saturated carbocycles. The van der Waals surface area contributed by atoms with E-state index in [1.165, 1.54) is 11.3 Å². The number of hydrogen-bond acceptors (Lipinski definition) is 5. The fourth-order valence-electron chi connectivity index (χ4n) is 1.03. The first-order valence-electron chi connectivity index (χ1n) is 4.07. The zero-order valence-electron chi connectivity index (χ0n) is 7.20. The minimum atomic E-state index is 0.0369. The summed E-state index contributed by atoms with van der Waals surface area (Å²) in [4.78, 5) is 11.4. The first-order valence-corrected chi connectivity index (χ1v) is 4.89. The lowest BCUT2D eigenvalue weighted by Gasteiger charge is -2.24. The van der Waals surface area contributed by atoms with E-state index < -0.39 is 0 Å². The third-order valence-corrected chi connectivity index (χ3v) is 2.66. The highest BCUT2D eigenvalue weighted by Gasteiger charge is 2.25. The lowest BCUT2D eigenvalue weighted by Crippen LogP contribution is -2.48. The first-order chi connectivity index (χ1) is 6.25. The maximum absolute atomic E-state index is 11.4. The van der Waals surface area contributed by atoms with Crippen LogP contribution in [0.2, 0.25) is 0 Å². The summed E-state index contributed by atoms with van der Waals surface area (Å²) in [5.74, 6) is 0.138. The average Bonchev–Trinajstić information content (AvgIpc) is 2.31. The summed E-state index contributed by atoms with van der Waals surface area (Å²) in [5.41, 5.74) is 0. The number of rotatable bonds is 2. The predicted molar refractivity (Wildman–Crippen MR) is 49.6 cm³/mol. The molecule has 13 heavy (non-hydrogen) atoms. The second-order valence-electron chi connectivity index (χ2n) is 2.97. The molecule has 1 aliphatic rings. The number of hydrogen-bond donors (Lipinski definition) is 2. The summed E-state index contributed by atoms with van der Waals surface area (Å²) in [6.07, 6.45) is 0. The van der Waals surface area contributed by atoms with E-state index in [9.17, 15) is 4.79 Å². The largest absolute Gasteiger partial charge is 0.315 e. The number of anilines is 1. The molecule has 1 aromatic heterocycles. The van der Waals surface area contributed by atoms with Gasteiger partial charge in [-0.05, 0) is 6.92 Å². The zero-order chi connectivity index (χ0) is 9.26. The van der Waals surface area contributed by atoms with Gasteiger partial charge in [-0.3, -0.25) is 4.79 Å². The zero-order valence-corrected chi connectivity index (χ0v) is 8.02. The minimum absolute atomic E-state index is 0.0369. The van der Waals surface area contributed by atoms with Crippen LogP contribution in [0.4, 0.5) is 5.13 Å². The quantitative estimate of drug-likeness (QED) is 0.702. The molecule has 5 nitrogen and oxygen atoms in total. The highest BCUT2D eigenvalue weighted by Crippen LogP contribution is 2.15. The number of nitrogens with zero attached hydrogens (tertiary/aromatic N) is 2. The standard InChI is InChI=1S/C7H10N4OS/c1-4-10-11-7(13-4)9-6(12)5-2-8-3-5/h5,8H,2-3H2,1H3,(H,9,11,12). The van der Waals surface area contributed by atoms with Crippen molar-refractivity contribution in [2.75, 3.05) is 18.4 Å². The van der Waals surface area contributed by atoms with Crippen molar-refractivity contribution in [1.29, 1.82) is 0 Å². The van der Waals surface area contributed by atoms with Crippen molar-refractivity contribution in [3.05, 3.63) is 5.01 Å². The van der Waals surface area contributed by atoms with Crippen LogP contribution < -0.4 is 10.6 Å². The second-order valence-corrected chi connectivity index (χ2v) is 4.15. The topological polar surface area (TPSA) is 66.9 Å². The fraction of sp³-hybridized carbons (Fsp3) is 0.571. The molecule has 1 amide bonds. The van der Waals surface area contributed by atoms with Crippen LogP contribution >= 0.6 is 11.3 Å². The van der Waals surface area contributed by atoms with Crippen LogP contribution in [0.25, 0.3) is 0 Å². The molecule has 1 fully saturated rings.